The average Bonchev–Trinajstić information content (AvgIpc) is 2.04. The van der Waals surface area contributed by atoms with Crippen molar-refractivity contribution in [3.05, 3.63) is 34.8 Å². The van der Waals surface area contributed by atoms with E-state index in [1.165, 1.54) is 16.6 Å². The molecule has 0 unspecified atom stereocenters. The van der Waals surface area contributed by atoms with Gasteiger partial charge in [0.2, 0.25) is 0 Å². The summed E-state index contributed by atoms with van der Waals surface area (Å²) >= 11 is 1.77. The summed E-state index contributed by atoms with van der Waals surface area (Å²) in [5.74, 6) is 1.05. The first kappa shape index (κ1) is 12.2. The fourth-order valence-electron chi connectivity index (χ4n) is 0.785. The molecule has 0 aromatic heterocycles. The zero-order valence-corrected chi connectivity index (χ0v) is 9.23. The molecule has 2 heteroatoms. The van der Waals surface area contributed by atoms with Gasteiger partial charge in [0.15, 0.2) is 0 Å². The van der Waals surface area contributed by atoms with Crippen LogP contribution in [0.25, 0.3) is 0 Å². The van der Waals surface area contributed by atoms with E-state index >= 15 is 0 Å². The number of carbonyl (C=O) groups excluding carboxylic acids is 1. The van der Waals surface area contributed by atoms with Gasteiger partial charge >= 0.3 is 0 Å². The molecule has 0 aliphatic heterocycles. The fourth-order valence-corrected chi connectivity index (χ4v) is 1.61. The summed E-state index contributed by atoms with van der Waals surface area (Å²) in [6.07, 6.45) is 8.12. The third kappa shape index (κ3) is 7.60. The number of carbonyl (C=O) groups is 1. The lowest BCUT2D eigenvalue weighted by atomic mass is 10.3. The Morgan fingerprint density at radius 3 is 2.46 bits per heavy atom. The number of aldehydes is 1. The zero-order valence-electron chi connectivity index (χ0n) is 8.41. The Labute approximate surface area is 84.6 Å². The molecule has 0 atom stereocenters. The lowest BCUT2D eigenvalue weighted by Gasteiger charge is -1.98. The van der Waals surface area contributed by atoms with Gasteiger partial charge in [-0.3, -0.25) is 4.79 Å². The number of hydrogen-bond acceptors (Lipinski definition) is 2. The Kier molecular flexibility index (Phi) is 7.41. The molecule has 0 saturated carbocycles. The van der Waals surface area contributed by atoms with Gasteiger partial charge in [-0.05, 0) is 37.8 Å². The second kappa shape index (κ2) is 7.87. The van der Waals surface area contributed by atoms with E-state index in [0.29, 0.717) is 0 Å². The SMILES string of the molecule is CCS/C(C=C(C)C)=C\C=C\C=O. The summed E-state index contributed by atoms with van der Waals surface area (Å²) in [6.45, 7) is 6.24. The van der Waals surface area contributed by atoms with E-state index in [4.69, 9.17) is 0 Å². The van der Waals surface area contributed by atoms with Crippen LogP contribution in [-0.2, 0) is 4.79 Å². The van der Waals surface area contributed by atoms with Crippen molar-refractivity contribution in [1.29, 1.82) is 0 Å². The van der Waals surface area contributed by atoms with Crippen LogP contribution in [0.15, 0.2) is 34.8 Å². The van der Waals surface area contributed by atoms with E-state index in [0.717, 1.165) is 12.0 Å². The molecule has 13 heavy (non-hydrogen) atoms. The molecule has 0 rings (SSSR count). The van der Waals surface area contributed by atoms with Gasteiger partial charge in [0.05, 0.1) is 0 Å². The molecular weight excluding hydrogens is 180 g/mol. The van der Waals surface area contributed by atoms with Crippen molar-refractivity contribution in [1.82, 2.24) is 0 Å². The minimum atomic E-state index is 0.785. The van der Waals surface area contributed by atoms with Crippen LogP contribution in [0, 0.1) is 0 Å². The Morgan fingerprint density at radius 1 is 1.31 bits per heavy atom. The quantitative estimate of drug-likeness (QED) is 0.381. The van der Waals surface area contributed by atoms with Gasteiger partial charge in [-0.1, -0.05) is 18.6 Å². The van der Waals surface area contributed by atoms with E-state index < -0.39 is 0 Å². The van der Waals surface area contributed by atoms with Crippen LogP contribution in [0.5, 0.6) is 0 Å². The molecule has 0 aliphatic carbocycles. The normalized spacial score (nSPS) is 11.8. The average molecular weight is 196 g/mol. The van der Waals surface area contributed by atoms with Crippen LogP contribution in [0.2, 0.25) is 0 Å². The van der Waals surface area contributed by atoms with Crippen molar-refractivity contribution >= 4 is 18.0 Å². The van der Waals surface area contributed by atoms with Crippen LogP contribution < -0.4 is 0 Å². The molecule has 0 aromatic carbocycles. The van der Waals surface area contributed by atoms with Crippen molar-refractivity contribution in [2.45, 2.75) is 20.8 Å². The first-order valence-corrected chi connectivity index (χ1v) is 5.29. The molecule has 0 spiro atoms. The highest BCUT2D eigenvalue weighted by molar-refractivity contribution is 8.03. The van der Waals surface area contributed by atoms with Gasteiger partial charge in [0, 0.05) is 4.91 Å². The minimum absolute atomic E-state index is 0.785. The molecule has 0 heterocycles. The first-order valence-electron chi connectivity index (χ1n) is 4.30. The smallest absolute Gasteiger partial charge is 0.142 e. The number of thioether (sulfide) groups is 1. The van der Waals surface area contributed by atoms with Crippen molar-refractivity contribution in [3.8, 4) is 0 Å². The van der Waals surface area contributed by atoms with Gasteiger partial charge in [0.25, 0.3) is 0 Å². The van der Waals surface area contributed by atoms with Crippen LogP contribution in [0.3, 0.4) is 0 Å². The molecule has 0 radical (unpaired) electrons. The van der Waals surface area contributed by atoms with Crippen molar-refractivity contribution in [2.24, 2.45) is 0 Å². The highest BCUT2D eigenvalue weighted by Crippen LogP contribution is 2.18. The fraction of sp³-hybridized carbons (Fsp3) is 0.364. The summed E-state index contributed by atoms with van der Waals surface area (Å²) < 4.78 is 0. The van der Waals surface area contributed by atoms with Crippen molar-refractivity contribution < 1.29 is 4.79 Å². The Morgan fingerprint density at radius 2 is 2.00 bits per heavy atom. The molecule has 0 aromatic rings. The monoisotopic (exact) mass is 196 g/mol. The zero-order chi connectivity index (χ0) is 10.1. The molecule has 72 valence electrons. The maximum atomic E-state index is 10.0. The largest absolute Gasteiger partial charge is 0.299 e. The first-order chi connectivity index (χ1) is 6.20. The van der Waals surface area contributed by atoms with E-state index in [2.05, 4.69) is 26.8 Å². The van der Waals surface area contributed by atoms with Gasteiger partial charge in [-0.25, -0.2) is 0 Å². The van der Waals surface area contributed by atoms with Gasteiger partial charge in [-0.2, -0.15) is 0 Å². The molecule has 1 nitrogen and oxygen atoms in total. The van der Waals surface area contributed by atoms with Crippen molar-refractivity contribution in [3.63, 3.8) is 0 Å². The molecule has 0 saturated heterocycles. The molecular formula is C11H16OS. The second-order valence-electron chi connectivity index (χ2n) is 2.74. The molecule has 0 amide bonds. The predicted octanol–water partition coefficient (Wildman–Crippen LogP) is 3.34. The highest BCUT2D eigenvalue weighted by atomic mass is 32.2. The highest BCUT2D eigenvalue weighted by Gasteiger charge is 1.89. The third-order valence-electron chi connectivity index (χ3n) is 1.19. The number of rotatable bonds is 5. The van der Waals surface area contributed by atoms with E-state index in [-0.39, 0.29) is 0 Å². The Balaban J connectivity index is 4.40. The van der Waals surface area contributed by atoms with Crippen molar-refractivity contribution in [2.75, 3.05) is 5.75 Å². The number of hydrogen-bond donors (Lipinski definition) is 0. The molecule has 0 fully saturated rings. The maximum absolute atomic E-state index is 10.0. The minimum Gasteiger partial charge on any atom is -0.299 e. The van der Waals surface area contributed by atoms with Crippen LogP contribution in [-0.4, -0.2) is 12.0 Å². The number of allylic oxidation sites excluding steroid dienone is 5. The molecule has 0 aliphatic rings. The van der Waals surface area contributed by atoms with Gasteiger partial charge < -0.3 is 0 Å². The topological polar surface area (TPSA) is 17.1 Å². The lowest BCUT2D eigenvalue weighted by molar-refractivity contribution is -0.104. The Bertz CT molecular complexity index is 232. The summed E-state index contributed by atoms with van der Waals surface area (Å²) in [6, 6.07) is 0. The summed E-state index contributed by atoms with van der Waals surface area (Å²) in [5.41, 5.74) is 1.27. The van der Waals surface area contributed by atoms with Crippen LogP contribution in [0.4, 0.5) is 0 Å². The second-order valence-corrected chi connectivity index (χ2v) is 4.08. The Hall–Kier alpha value is -0.760. The maximum Gasteiger partial charge on any atom is 0.142 e. The molecule has 0 N–H and O–H groups in total. The summed E-state index contributed by atoms with van der Waals surface area (Å²) in [5, 5.41) is 0. The predicted molar refractivity (Wildman–Crippen MR) is 60.9 cm³/mol. The van der Waals surface area contributed by atoms with Gasteiger partial charge in [-0.15, -0.1) is 11.8 Å². The lowest BCUT2D eigenvalue weighted by Crippen LogP contribution is -1.74. The summed E-state index contributed by atoms with van der Waals surface area (Å²) in [4.78, 5) is 11.2. The van der Waals surface area contributed by atoms with E-state index in [1.54, 1.807) is 17.8 Å². The third-order valence-corrected chi connectivity index (χ3v) is 2.07. The van der Waals surface area contributed by atoms with E-state index in [9.17, 15) is 4.79 Å². The van der Waals surface area contributed by atoms with Crippen LogP contribution in [0.1, 0.15) is 20.8 Å². The molecule has 0 bridgehead atoms. The van der Waals surface area contributed by atoms with Gasteiger partial charge in [0.1, 0.15) is 6.29 Å². The van der Waals surface area contributed by atoms with E-state index in [1.807, 2.05) is 6.08 Å². The van der Waals surface area contributed by atoms with Crippen LogP contribution >= 0.6 is 11.8 Å². The standard InChI is InChI=1S/C11H16OS/c1-4-13-11(9-10(2)3)7-5-6-8-12/h5-9H,4H2,1-3H3/b6-5+,11-7-. The summed E-state index contributed by atoms with van der Waals surface area (Å²) in [7, 11) is 0.